The SMILES string of the molecule is CN1CCCC[C@H]1Br. The van der Waals surface area contributed by atoms with Gasteiger partial charge in [0.05, 0.1) is 4.95 Å². The van der Waals surface area contributed by atoms with E-state index >= 15 is 0 Å². The molecule has 8 heavy (non-hydrogen) atoms. The molecule has 48 valence electrons. The molecule has 1 rings (SSSR count). The molecule has 0 aliphatic carbocycles. The maximum absolute atomic E-state index is 3.58. The number of piperidine rings is 1. The van der Waals surface area contributed by atoms with Crippen molar-refractivity contribution in [2.45, 2.75) is 24.2 Å². The molecule has 0 spiro atoms. The van der Waals surface area contributed by atoms with Crippen LogP contribution in [0, 0.1) is 0 Å². The summed E-state index contributed by atoms with van der Waals surface area (Å²) >= 11 is 3.58. The molecular weight excluding hydrogens is 166 g/mol. The maximum Gasteiger partial charge on any atom is 0.0653 e. The fourth-order valence-electron chi connectivity index (χ4n) is 1.03. The lowest BCUT2D eigenvalue weighted by Crippen LogP contribution is -2.31. The Hall–Kier alpha value is 0.440. The van der Waals surface area contributed by atoms with Crippen molar-refractivity contribution in [1.82, 2.24) is 4.90 Å². The van der Waals surface area contributed by atoms with Gasteiger partial charge >= 0.3 is 0 Å². The highest BCUT2D eigenvalue weighted by molar-refractivity contribution is 9.09. The van der Waals surface area contributed by atoms with E-state index in [2.05, 4.69) is 27.9 Å². The van der Waals surface area contributed by atoms with Gasteiger partial charge in [-0.25, -0.2) is 0 Å². The van der Waals surface area contributed by atoms with Crippen LogP contribution in [0.3, 0.4) is 0 Å². The minimum Gasteiger partial charge on any atom is -0.294 e. The molecule has 0 N–H and O–H groups in total. The number of rotatable bonds is 0. The van der Waals surface area contributed by atoms with E-state index in [1.165, 1.54) is 25.8 Å². The molecule has 1 nitrogen and oxygen atoms in total. The van der Waals surface area contributed by atoms with Gasteiger partial charge in [-0.05, 0) is 32.9 Å². The second kappa shape index (κ2) is 2.83. The molecule has 1 aliphatic heterocycles. The molecule has 1 aliphatic rings. The highest BCUT2D eigenvalue weighted by atomic mass is 79.9. The van der Waals surface area contributed by atoms with Gasteiger partial charge in [-0.1, -0.05) is 15.9 Å². The fourth-order valence-corrected chi connectivity index (χ4v) is 1.56. The Balaban J connectivity index is 2.28. The highest BCUT2D eigenvalue weighted by Crippen LogP contribution is 2.18. The lowest BCUT2D eigenvalue weighted by molar-refractivity contribution is 0.256. The Labute approximate surface area is 59.2 Å². The van der Waals surface area contributed by atoms with Gasteiger partial charge in [0.2, 0.25) is 0 Å². The van der Waals surface area contributed by atoms with Gasteiger partial charge in [-0.3, -0.25) is 4.90 Å². The van der Waals surface area contributed by atoms with Crippen LogP contribution in [0.1, 0.15) is 19.3 Å². The van der Waals surface area contributed by atoms with E-state index in [1.807, 2.05) is 0 Å². The molecule has 0 amide bonds. The molecule has 0 radical (unpaired) electrons. The Morgan fingerprint density at radius 1 is 1.50 bits per heavy atom. The van der Waals surface area contributed by atoms with Crippen LogP contribution in [0.2, 0.25) is 0 Å². The first-order chi connectivity index (χ1) is 3.80. The van der Waals surface area contributed by atoms with Crippen LogP contribution in [0.4, 0.5) is 0 Å². The van der Waals surface area contributed by atoms with Crippen LogP contribution in [0.15, 0.2) is 0 Å². The number of likely N-dealkylation sites (tertiary alicyclic amines) is 1. The third kappa shape index (κ3) is 1.46. The number of nitrogens with zero attached hydrogens (tertiary/aromatic N) is 1. The van der Waals surface area contributed by atoms with Crippen LogP contribution in [-0.2, 0) is 0 Å². The predicted molar refractivity (Wildman–Crippen MR) is 39.2 cm³/mol. The van der Waals surface area contributed by atoms with Crippen molar-refractivity contribution in [2.24, 2.45) is 0 Å². The summed E-state index contributed by atoms with van der Waals surface area (Å²) in [6.07, 6.45) is 4.08. The summed E-state index contributed by atoms with van der Waals surface area (Å²) in [5, 5.41) is 0. The Morgan fingerprint density at radius 3 is 2.62 bits per heavy atom. The van der Waals surface area contributed by atoms with E-state index in [9.17, 15) is 0 Å². The second-order valence-electron chi connectivity index (χ2n) is 2.41. The summed E-state index contributed by atoms with van der Waals surface area (Å²) in [5.74, 6) is 0. The Morgan fingerprint density at radius 2 is 2.25 bits per heavy atom. The first-order valence-electron chi connectivity index (χ1n) is 3.15. The van der Waals surface area contributed by atoms with Crippen molar-refractivity contribution in [1.29, 1.82) is 0 Å². The van der Waals surface area contributed by atoms with E-state index in [-0.39, 0.29) is 0 Å². The molecule has 0 saturated carbocycles. The predicted octanol–water partition coefficient (Wildman–Crippen LogP) is 1.82. The minimum atomic E-state index is 0.649. The number of halogens is 1. The molecule has 0 aromatic heterocycles. The van der Waals surface area contributed by atoms with E-state index in [0.717, 1.165) is 0 Å². The quantitative estimate of drug-likeness (QED) is 0.404. The lowest BCUT2D eigenvalue weighted by atomic mass is 10.1. The molecule has 0 unspecified atom stereocenters. The van der Waals surface area contributed by atoms with Gasteiger partial charge < -0.3 is 0 Å². The zero-order chi connectivity index (χ0) is 5.98. The molecule has 1 saturated heterocycles. The van der Waals surface area contributed by atoms with Crippen molar-refractivity contribution in [3.8, 4) is 0 Å². The first kappa shape index (κ1) is 6.56. The number of hydrogen-bond donors (Lipinski definition) is 0. The van der Waals surface area contributed by atoms with Crippen LogP contribution in [0.25, 0.3) is 0 Å². The first-order valence-corrected chi connectivity index (χ1v) is 4.06. The van der Waals surface area contributed by atoms with Crippen molar-refractivity contribution >= 4 is 15.9 Å². The zero-order valence-electron chi connectivity index (χ0n) is 5.23. The van der Waals surface area contributed by atoms with Gasteiger partial charge in [-0.15, -0.1) is 0 Å². The number of alkyl halides is 1. The molecule has 1 atom stereocenters. The summed E-state index contributed by atoms with van der Waals surface area (Å²) in [7, 11) is 2.17. The van der Waals surface area contributed by atoms with Gasteiger partial charge in [0, 0.05) is 0 Å². The average molecular weight is 178 g/mol. The standard InChI is InChI=1S/C6H12BrN/c1-8-5-3-2-4-6(8)7/h6H,2-5H2,1H3/t6-/m0/s1. The van der Waals surface area contributed by atoms with E-state index in [4.69, 9.17) is 0 Å². The molecule has 0 aromatic carbocycles. The van der Waals surface area contributed by atoms with Gasteiger partial charge in [0.15, 0.2) is 0 Å². The Kier molecular flexibility index (Phi) is 2.32. The van der Waals surface area contributed by atoms with Crippen LogP contribution >= 0.6 is 15.9 Å². The minimum absolute atomic E-state index is 0.649. The summed E-state index contributed by atoms with van der Waals surface area (Å²) in [5.41, 5.74) is 0. The zero-order valence-corrected chi connectivity index (χ0v) is 6.82. The van der Waals surface area contributed by atoms with Gasteiger partial charge in [-0.2, -0.15) is 0 Å². The summed E-state index contributed by atoms with van der Waals surface area (Å²) in [6.45, 7) is 1.26. The van der Waals surface area contributed by atoms with E-state index in [1.54, 1.807) is 0 Å². The van der Waals surface area contributed by atoms with Crippen molar-refractivity contribution in [3.05, 3.63) is 0 Å². The van der Waals surface area contributed by atoms with Crippen molar-refractivity contribution < 1.29 is 0 Å². The summed E-state index contributed by atoms with van der Waals surface area (Å²) in [6, 6.07) is 0. The third-order valence-electron chi connectivity index (χ3n) is 1.68. The summed E-state index contributed by atoms with van der Waals surface area (Å²) < 4.78 is 0. The van der Waals surface area contributed by atoms with Crippen LogP contribution < -0.4 is 0 Å². The largest absolute Gasteiger partial charge is 0.294 e. The normalized spacial score (nSPS) is 33.0. The van der Waals surface area contributed by atoms with Crippen molar-refractivity contribution in [2.75, 3.05) is 13.6 Å². The number of hydrogen-bond acceptors (Lipinski definition) is 1. The van der Waals surface area contributed by atoms with E-state index in [0.29, 0.717) is 4.95 Å². The van der Waals surface area contributed by atoms with E-state index < -0.39 is 0 Å². The average Bonchev–Trinajstić information content (AvgIpc) is 1.77. The molecule has 2 heteroatoms. The molecule has 0 aromatic rings. The maximum atomic E-state index is 3.58. The smallest absolute Gasteiger partial charge is 0.0653 e. The fraction of sp³-hybridized carbons (Fsp3) is 1.00. The topological polar surface area (TPSA) is 3.24 Å². The third-order valence-corrected chi connectivity index (χ3v) is 2.84. The molecular formula is C6H12BrN. The van der Waals surface area contributed by atoms with Crippen LogP contribution in [0.5, 0.6) is 0 Å². The van der Waals surface area contributed by atoms with Gasteiger partial charge in [0.25, 0.3) is 0 Å². The van der Waals surface area contributed by atoms with Gasteiger partial charge in [0.1, 0.15) is 0 Å². The molecule has 0 bridgehead atoms. The highest BCUT2D eigenvalue weighted by Gasteiger charge is 2.14. The molecule has 1 heterocycles. The van der Waals surface area contributed by atoms with Crippen LogP contribution in [-0.4, -0.2) is 23.4 Å². The monoisotopic (exact) mass is 177 g/mol. The Bertz CT molecular complexity index is 64.9. The summed E-state index contributed by atoms with van der Waals surface area (Å²) in [4.78, 5) is 3.00. The lowest BCUT2D eigenvalue weighted by Gasteiger charge is -2.27. The van der Waals surface area contributed by atoms with Crippen molar-refractivity contribution in [3.63, 3.8) is 0 Å². The second-order valence-corrected chi connectivity index (χ2v) is 3.47. The molecule has 1 fully saturated rings.